The van der Waals surface area contributed by atoms with Crippen LogP contribution in [0.25, 0.3) is 0 Å². The largest absolute Gasteiger partial charge is 0.463 e. The van der Waals surface area contributed by atoms with E-state index in [9.17, 15) is 4.79 Å². The first kappa shape index (κ1) is 12.3. The Bertz CT molecular complexity index is 321. The number of hydrogen-bond donors (Lipinski definition) is 0. The van der Waals surface area contributed by atoms with E-state index in [1.165, 1.54) is 22.0 Å². The minimum atomic E-state index is -0.224. The van der Waals surface area contributed by atoms with Gasteiger partial charge in [0.25, 0.3) is 4.88 Å². The molecule has 6 heteroatoms. The molecule has 0 fully saturated rings. The summed E-state index contributed by atoms with van der Waals surface area (Å²) in [6, 6.07) is 0. The first-order chi connectivity index (χ1) is 6.72. The molecule has 0 unspecified atom stereocenters. The van der Waals surface area contributed by atoms with Crippen molar-refractivity contribution < 1.29 is 9.53 Å². The predicted octanol–water partition coefficient (Wildman–Crippen LogP) is 3.71. The van der Waals surface area contributed by atoms with E-state index in [1.807, 2.05) is 6.26 Å². The summed E-state index contributed by atoms with van der Waals surface area (Å²) in [6.07, 6.45) is 1.98. The van der Waals surface area contributed by atoms with Crippen molar-refractivity contribution in [1.29, 1.82) is 0 Å². The van der Waals surface area contributed by atoms with Gasteiger partial charge >= 0.3 is 9.49 Å². The normalized spacial score (nSPS) is 10.2. The van der Waals surface area contributed by atoms with Gasteiger partial charge in [-0.25, -0.2) is 4.79 Å². The molecule has 0 radical (unpaired) electrons. The number of methoxy groups -OCH3 is 1. The lowest BCUT2D eigenvalue weighted by Crippen LogP contribution is -1.98. The summed E-state index contributed by atoms with van der Waals surface area (Å²) in [5.41, 5.74) is 0. The SMILES string of the molecule is CCSc1sc(C(=O)OC)c(SC)[s+]1. The highest BCUT2D eigenvalue weighted by Crippen LogP contribution is 2.41. The number of carbonyl (C=O) groups excluding carboxylic acids is 1. The van der Waals surface area contributed by atoms with Crippen LogP contribution in [0.1, 0.15) is 16.6 Å². The predicted molar refractivity (Wildman–Crippen MR) is 66.1 cm³/mol. The van der Waals surface area contributed by atoms with Gasteiger partial charge in [0, 0.05) is 5.75 Å². The topological polar surface area (TPSA) is 26.3 Å². The average Bonchev–Trinajstić information content (AvgIpc) is 2.60. The molecule has 0 aromatic carbocycles. The lowest BCUT2D eigenvalue weighted by atomic mass is 10.6. The van der Waals surface area contributed by atoms with Crippen molar-refractivity contribution in [3.05, 3.63) is 4.88 Å². The quantitative estimate of drug-likeness (QED) is 0.472. The minimum Gasteiger partial charge on any atom is -0.463 e. The number of rotatable bonds is 4. The van der Waals surface area contributed by atoms with Crippen LogP contribution in [-0.4, -0.2) is 25.1 Å². The molecule has 0 N–H and O–H groups in total. The highest BCUT2D eigenvalue weighted by Gasteiger charge is 2.28. The van der Waals surface area contributed by atoms with Crippen LogP contribution in [0.15, 0.2) is 7.73 Å². The van der Waals surface area contributed by atoms with E-state index < -0.39 is 0 Å². The van der Waals surface area contributed by atoms with E-state index in [4.69, 9.17) is 4.74 Å². The van der Waals surface area contributed by atoms with Crippen molar-refractivity contribution in [1.82, 2.24) is 0 Å². The Morgan fingerprint density at radius 1 is 1.64 bits per heavy atom. The molecular formula is C8H11O2S4+. The Morgan fingerprint density at radius 2 is 2.36 bits per heavy atom. The summed E-state index contributed by atoms with van der Waals surface area (Å²) in [7, 11) is 1.42. The minimum absolute atomic E-state index is 0.224. The third-order valence-electron chi connectivity index (χ3n) is 1.37. The van der Waals surface area contributed by atoms with Gasteiger partial charge in [-0.1, -0.05) is 30.4 Å². The van der Waals surface area contributed by atoms with Crippen molar-refractivity contribution in [3.63, 3.8) is 0 Å². The first-order valence-corrected chi connectivity index (χ1v) is 7.79. The lowest BCUT2D eigenvalue weighted by molar-refractivity contribution is 0.0603. The van der Waals surface area contributed by atoms with Crippen LogP contribution in [-0.2, 0) is 4.74 Å². The number of hydrogen-bond acceptors (Lipinski definition) is 5. The standard InChI is InChI=1S/C8H11O2S4/c1-4-12-8-13-5(6(9)10-2)7(11-3)14-8/h4H2,1-3H3/q+1. The highest BCUT2D eigenvalue weighted by atomic mass is 32.2. The molecule has 0 saturated carbocycles. The molecule has 0 bridgehead atoms. The second-order valence-electron chi connectivity index (χ2n) is 2.20. The smallest absolute Gasteiger partial charge is 0.375 e. The highest BCUT2D eigenvalue weighted by molar-refractivity contribution is 8.05. The molecular weight excluding hydrogens is 256 g/mol. The van der Waals surface area contributed by atoms with E-state index >= 15 is 0 Å². The molecule has 1 rings (SSSR count). The van der Waals surface area contributed by atoms with E-state index in [-0.39, 0.29) is 5.97 Å². The van der Waals surface area contributed by atoms with Crippen molar-refractivity contribution >= 4 is 52.2 Å². The van der Waals surface area contributed by atoms with Gasteiger partial charge in [0.1, 0.15) is 22.7 Å². The van der Waals surface area contributed by atoms with Gasteiger partial charge in [0.05, 0.1) is 7.11 Å². The Morgan fingerprint density at radius 3 is 2.86 bits per heavy atom. The van der Waals surface area contributed by atoms with Gasteiger partial charge in [-0.3, -0.25) is 0 Å². The van der Waals surface area contributed by atoms with Gasteiger partial charge in [0.15, 0.2) is 0 Å². The zero-order valence-corrected chi connectivity index (χ0v) is 11.4. The molecule has 14 heavy (non-hydrogen) atoms. The molecule has 0 amide bonds. The van der Waals surface area contributed by atoms with Crippen LogP contribution in [0.2, 0.25) is 0 Å². The second-order valence-corrected chi connectivity index (χ2v) is 7.37. The third kappa shape index (κ3) is 2.85. The fourth-order valence-electron chi connectivity index (χ4n) is 0.797. The maximum atomic E-state index is 11.4. The van der Waals surface area contributed by atoms with Crippen LogP contribution in [0.3, 0.4) is 0 Å². The van der Waals surface area contributed by atoms with E-state index in [2.05, 4.69) is 6.92 Å². The zero-order valence-electron chi connectivity index (χ0n) is 8.16. The van der Waals surface area contributed by atoms with E-state index in [1.54, 1.807) is 34.9 Å². The molecule has 1 aromatic heterocycles. The summed E-state index contributed by atoms with van der Waals surface area (Å²) < 4.78 is 7.00. The molecule has 1 aromatic rings. The molecule has 0 aliphatic heterocycles. The van der Waals surface area contributed by atoms with Crippen molar-refractivity contribution in [2.75, 3.05) is 19.1 Å². The molecule has 0 atom stereocenters. The number of esters is 1. The monoisotopic (exact) mass is 267 g/mol. The summed E-state index contributed by atoms with van der Waals surface area (Å²) in [5, 5.41) is 0. The van der Waals surface area contributed by atoms with Crippen LogP contribution in [0.4, 0.5) is 0 Å². The van der Waals surface area contributed by atoms with Crippen LogP contribution < -0.4 is 0 Å². The van der Waals surface area contributed by atoms with Crippen LogP contribution in [0.5, 0.6) is 0 Å². The van der Waals surface area contributed by atoms with E-state index in [0.717, 1.165) is 14.8 Å². The van der Waals surface area contributed by atoms with E-state index in [0.29, 0.717) is 0 Å². The first-order valence-electron chi connectivity index (χ1n) is 3.95. The summed E-state index contributed by atoms with van der Waals surface area (Å²) in [5.74, 6) is 0.810. The summed E-state index contributed by atoms with van der Waals surface area (Å²) in [6.45, 7) is 2.10. The average molecular weight is 267 g/mol. The van der Waals surface area contributed by atoms with Gasteiger partial charge in [-0.15, -0.1) is 0 Å². The zero-order chi connectivity index (χ0) is 10.6. The number of ether oxygens (including phenoxy) is 1. The fraction of sp³-hybridized carbons (Fsp3) is 0.500. The molecule has 0 aliphatic carbocycles. The maximum Gasteiger partial charge on any atom is 0.375 e. The number of thioether (sulfide) groups is 2. The van der Waals surface area contributed by atoms with Crippen LogP contribution in [0, 0.1) is 0 Å². The summed E-state index contributed by atoms with van der Waals surface area (Å²) >= 11 is 6.57. The third-order valence-corrected chi connectivity index (χ3v) is 6.48. The van der Waals surface area contributed by atoms with Crippen molar-refractivity contribution in [2.45, 2.75) is 14.7 Å². The van der Waals surface area contributed by atoms with Crippen molar-refractivity contribution in [3.8, 4) is 0 Å². The van der Waals surface area contributed by atoms with Crippen molar-refractivity contribution in [2.24, 2.45) is 0 Å². The molecule has 78 valence electrons. The molecule has 1 heterocycles. The summed E-state index contributed by atoms with van der Waals surface area (Å²) in [4.78, 5) is 12.1. The second kappa shape index (κ2) is 5.95. The Balaban J connectivity index is 2.96. The van der Waals surface area contributed by atoms with Gasteiger partial charge in [-0.05, 0) is 6.26 Å². The van der Waals surface area contributed by atoms with Crippen LogP contribution >= 0.6 is 46.2 Å². The molecule has 0 saturated heterocycles. The van der Waals surface area contributed by atoms with Gasteiger partial charge in [-0.2, -0.15) is 0 Å². The van der Waals surface area contributed by atoms with Gasteiger partial charge < -0.3 is 4.74 Å². The van der Waals surface area contributed by atoms with Gasteiger partial charge in [0.2, 0.25) is 4.21 Å². The Kier molecular flexibility index (Phi) is 5.22. The maximum absolute atomic E-state index is 11.4. The fourth-order valence-corrected chi connectivity index (χ4v) is 5.92. The number of carbonyl (C=O) groups is 1. The molecule has 0 aliphatic rings. The Labute approximate surface area is 100 Å². The molecule has 2 nitrogen and oxygen atoms in total. The Hall–Kier alpha value is 0.220. The molecule has 0 spiro atoms. The lowest BCUT2D eigenvalue weighted by Gasteiger charge is -1.89.